The zero-order valence-corrected chi connectivity index (χ0v) is 22.2. The number of benzene rings is 3. The molecule has 0 saturated carbocycles. The maximum Gasteiger partial charge on any atom is 0.215 e. The standard InChI is InChI=1S/C29H30N2O7/c1-18-26(27(32)21-15-24(34-3)28(36-5)25(16-21)35-4)31(37-6)29(30-18)20-12-13-22(33-2)23(14-20)38-17-19-10-8-7-9-11-19/h7-16H,17H2,1-6H3. The van der Waals surface area contributed by atoms with Gasteiger partial charge in [0.2, 0.25) is 11.5 Å². The quantitative estimate of drug-likeness (QED) is 0.263. The molecule has 1 aromatic heterocycles. The third-order valence-electron chi connectivity index (χ3n) is 6.00. The van der Waals surface area contributed by atoms with Crippen molar-refractivity contribution in [3.05, 3.63) is 83.2 Å². The molecule has 38 heavy (non-hydrogen) atoms. The van der Waals surface area contributed by atoms with E-state index in [4.69, 9.17) is 28.5 Å². The highest BCUT2D eigenvalue weighted by molar-refractivity contribution is 6.09. The van der Waals surface area contributed by atoms with Crippen LogP contribution >= 0.6 is 0 Å². The minimum atomic E-state index is -0.323. The predicted molar refractivity (Wildman–Crippen MR) is 142 cm³/mol. The Bertz CT molecular complexity index is 1410. The largest absolute Gasteiger partial charge is 0.493 e. The second-order valence-corrected chi connectivity index (χ2v) is 8.23. The van der Waals surface area contributed by atoms with Crippen molar-refractivity contribution >= 4 is 5.78 Å². The van der Waals surface area contributed by atoms with Crippen LogP contribution in [0.2, 0.25) is 0 Å². The van der Waals surface area contributed by atoms with Crippen LogP contribution in [0.25, 0.3) is 11.4 Å². The number of rotatable bonds is 11. The van der Waals surface area contributed by atoms with Crippen molar-refractivity contribution < 1.29 is 33.3 Å². The topological polar surface area (TPSA) is 90.3 Å². The van der Waals surface area contributed by atoms with Crippen LogP contribution in [0, 0.1) is 6.92 Å². The number of carbonyl (C=O) groups is 1. The number of imidazole rings is 1. The Morgan fingerprint density at radius 3 is 2.03 bits per heavy atom. The van der Waals surface area contributed by atoms with Gasteiger partial charge < -0.3 is 28.5 Å². The molecule has 4 rings (SSSR count). The SMILES string of the molecule is COc1ccc(-c2nc(C)c(C(=O)c3cc(OC)c(OC)c(OC)c3)n2OC)cc1OCc1ccccc1. The van der Waals surface area contributed by atoms with Gasteiger partial charge in [-0.15, -0.1) is 0 Å². The zero-order chi connectivity index (χ0) is 27.2. The van der Waals surface area contributed by atoms with Crippen molar-refractivity contribution in [3.8, 4) is 40.1 Å². The number of methoxy groups -OCH3 is 4. The molecule has 0 radical (unpaired) electrons. The van der Waals surface area contributed by atoms with Gasteiger partial charge in [-0.3, -0.25) is 4.79 Å². The van der Waals surface area contributed by atoms with Crippen LogP contribution in [0.15, 0.2) is 60.7 Å². The van der Waals surface area contributed by atoms with Gasteiger partial charge in [-0.2, -0.15) is 4.73 Å². The van der Waals surface area contributed by atoms with Crippen LogP contribution in [0.3, 0.4) is 0 Å². The number of carbonyl (C=O) groups excluding carboxylic acids is 1. The number of hydrogen-bond donors (Lipinski definition) is 0. The van der Waals surface area contributed by atoms with Gasteiger partial charge in [-0.05, 0) is 42.8 Å². The van der Waals surface area contributed by atoms with Crippen LogP contribution < -0.4 is 28.5 Å². The molecule has 0 spiro atoms. The first kappa shape index (κ1) is 26.4. The smallest absolute Gasteiger partial charge is 0.215 e. The van der Waals surface area contributed by atoms with Crippen LogP contribution in [0.4, 0.5) is 0 Å². The summed E-state index contributed by atoms with van der Waals surface area (Å²) in [6, 6.07) is 18.5. The average Bonchev–Trinajstić information content (AvgIpc) is 3.30. The lowest BCUT2D eigenvalue weighted by atomic mass is 10.1. The van der Waals surface area contributed by atoms with Crippen LogP contribution in [-0.2, 0) is 6.61 Å². The summed E-state index contributed by atoms with van der Waals surface area (Å²) in [6.45, 7) is 2.11. The summed E-state index contributed by atoms with van der Waals surface area (Å²) in [6.07, 6.45) is 0. The molecule has 0 atom stereocenters. The molecule has 0 aliphatic carbocycles. The Hall–Kier alpha value is -4.66. The van der Waals surface area contributed by atoms with E-state index in [2.05, 4.69) is 4.98 Å². The van der Waals surface area contributed by atoms with Gasteiger partial charge in [0.05, 0.1) is 34.1 Å². The lowest BCUT2D eigenvalue weighted by Gasteiger charge is -2.15. The highest BCUT2D eigenvalue weighted by atomic mass is 16.6. The fourth-order valence-electron chi connectivity index (χ4n) is 4.14. The lowest BCUT2D eigenvalue weighted by molar-refractivity contribution is 0.0978. The number of aromatic nitrogens is 2. The summed E-state index contributed by atoms with van der Waals surface area (Å²) >= 11 is 0. The molecule has 0 bridgehead atoms. The van der Waals surface area contributed by atoms with Crippen LogP contribution in [0.1, 0.15) is 27.3 Å². The number of aryl methyl sites for hydroxylation is 1. The maximum atomic E-state index is 13.7. The maximum absolute atomic E-state index is 13.7. The molecule has 9 nitrogen and oxygen atoms in total. The molecule has 0 fully saturated rings. The number of nitrogens with zero attached hydrogens (tertiary/aromatic N) is 2. The van der Waals surface area contributed by atoms with Gasteiger partial charge in [-0.1, -0.05) is 30.3 Å². The Labute approximate surface area is 221 Å². The fourth-order valence-corrected chi connectivity index (χ4v) is 4.14. The van der Waals surface area contributed by atoms with Crippen molar-refractivity contribution in [1.82, 2.24) is 9.71 Å². The average molecular weight is 519 g/mol. The molecule has 0 aliphatic heterocycles. The molecule has 9 heteroatoms. The molecular formula is C29H30N2O7. The van der Waals surface area contributed by atoms with E-state index < -0.39 is 0 Å². The highest BCUT2D eigenvalue weighted by Gasteiger charge is 2.26. The second kappa shape index (κ2) is 11.6. The molecule has 0 N–H and O–H groups in total. The van der Waals surface area contributed by atoms with Gasteiger partial charge in [0.1, 0.15) is 13.7 Å². The van der Waals surface area contributed by atoms with E-state index in [9.17, 15) is 4.79 Å². The minimum absolute atomic E-state index is 0.263. The number of hydrogen-bond acceptors (Lipinski definition) is 8. The van der Waals surface area contributed by atoms with E-state index >= 15 is 0 Å². The summed E-state index contributed by atoms with van der Waals surface area (Å²) in [4.78, 5) is 24.0. The van der Waals surface area contributed by atoms with Gasteiger partial charge in [0.15, 0.2) is 34.5 Å². The molecule has 0 unspecified atom stereocenters. The van der Waals surface area contributed by atoms with Gasteiger partial charge in [-0.25, -0.2) is 4.98 Å². The normalized spacial score (nSPS) is 10.6. The number of ketones is 1. The molecular weight excluding hydrogens is 488 g/mol. The van der Waals surface area contributed by atoms with E-state index in [0.717, 1.165) is 5.56 Å². The third kappa shape index (κ3) is 5.08. The van der Waals surface area contributed by atoms with Crippen molar-refractivity contribution in [2.75, 3.05) is 35.5 Å². The zero-order valence-electron chi connectivity index (χ0n) is 22.2. The summed E-state index contributed by atoms with van der Waals surface area (Å²) in [5, 5.41) is 0. The summed E-state index contributed by atoms with van der Waals surface area (Å²) in [5.41, 5.74) is 2.78. The lowest BCUT2D eigenvalue weighted by Crippen LogP contribution is -2.17. The molecule has 198 valence electrons. The molecule has 4 aromatic rings. The predicted octanol–water partition coefficient (Wildman–Crippen LogP) is 4.76. The first-order valence-electron chi connectivity index (χ1n) is 11.8. The Morgan fingerprint density at radius 1 is 0.789 bits per heavy atom. The first-order valence-corrected chi connectivity index (χ1v) is 11.8. The molecule has 0 aliphatic rings. The van der Waals surface area contributed by atoms with E-state index in [0.29, 0.717) is 58.0 Å². The molecule has 0 saturated heterocycles. The molecule has 0 amide bonds. The third-order valence-corrected chi connectivity index (χ3v) is 6.00. The first-order chi connectivity index (χ1) is 18.4. The Balaban J connectivity index is 1.74. The second-order valence-electron chi connectivity index (χ2n) is 8.23. The summed E-state index contributed by atoms with van der Waals surface area (Å²) in [7, 11) is 7.56. The summed E-state index contributed by atoms with van der Waals surface area (Å²) in [5.74, 6) is 2.36. The van der Waals surface area contributed by atoms with E-state index in [1.54, 1.807) is 32.2 Å². The Kier molecular flexibility index (Phi) is 8.06. The van der Waals surface area contributed by atoms with E-state index in [1.807, 2.05) is 42.5 Å². The van der Waals surface area contributed by atoms with Crippen LogP contribution in [-0.4, -0.2) is 51.0 Å². The molecule has 1 heterocycles. The van der Waals surface area contributed by atoms with Crippen molar-refractivity contribution in [2.45, 2.75) is 13.5 Å². The van der Waals surface area contributed by atoms with Crippen molar-refractivity contribution in [2.24, 2.45) is 0 Å². The number of ether oxygens (including phenoxy) is 5. The fraction of sp³-hybridized carbons (Fsp3) is 0.241. The van der Waals surface area contributed by atoms with E-state index in [-0.39, 0.29) is 11.5 Å². The van der Waals surface area contributed by atoms with Crippen molar-refractivity contribution in [3.63, 3.8) is 0 Å². The summed E-state index contributed by atoms with van der Waals surface area (Å²) < 4.78 is 29.2. The van der Waals surface area contributed by atoms with Gasteiger partial charge in [0, 0.05) is 11.1 Å². The van der Waals surface area contributed by atoms with E-state index in [1.165, 1.54) is 33.2 Å². The molecule has 3 aromatic carbocycles. The van der Waals surface area contributed by atoms with Crippen LogP contribution in [0.5, 0.6) is 28.7 Å². The minimum Gasteiger partial charge on any atom is -0.493 e. The Morgan fingerprint density at radius 2 is 1.45 bits per heavy atom. The van der Waals surface area contributed by atoms with Gasteiger partial charge in [0.25, 0.3) is 0 Å². The van der Waals surface area contributed by atoms with Crippen molar-refractivity contribution in [1.29, 1.82) is 0 Å². The monoisotopic (exact) mass is 518 g/mol. The highest BCUT2D eigenvalue weighted by Crippen LogP contribution is 2.39. The van der Waals surface area contributed by atoms with Gasteiger partial charge >= 0.3 is 0 Å².